The maximum atomic E-state index is 13.5. The van der Waals surface area contributed by atoms with E-state index in [4.69, 9.17) is 14.2 Å². The van der Waals surface area contributed by atoms with Gasteiger partial charge in [0.2, 0.25) is 6.79 Å². The monoisotopic (exact) mass is 355 g/mol. The summed E-state index contributed by atoms with van der Waals surface area (Å²) in [5, 5.41) is 0. The van der Waals surface area contributed by atoms with Crippen LogP contribution in [-0.4, -0.2) is 30.5 Å². The summed E-state index contributed by atoms with van der Waals surface area (Å²) in [6.45, 7) is 4.50. The summed E-state index contributed by atoms with van der Waals surface area (Å²) in [5.74, 6) is 2.23. The molecule has 2 unspecified atom stereocenters. The largest absolute Gasteiger partial charge is 0.472 e. The molecule has 1 saturated heterocycles. The highest BCUT2D eigenvalue weighted by Crippen LogP contribution is 2.50. The Morgan fingerprint density at radius 3 is 2.42 bits per heavy atom. The number of ether oxygens (including phenoxy) is 3. The highest BCUT2D eigenvalue weighted by molar-refractivity contribution is 5.56. The van der Waals surface area contributed by atoms with Gasteiger partial charge in [-0.25, -0.2) is 4.39 Å². The number of nitrogens with zero attached hydrogens (tertiary/aromatic N) is 1. The van der Waals surface area contributed by atoms with Crippen molar-refractivity contribution in [3.05, 3.63) is 53.3 Å². The van der Waals surface area contributed by atoms with Crippen LogP contribution in [0.15, 0.2) is 36.4 Å². The van der Waals surface area contributed by atoms with Crippen molar-refractivity contribution in [2.24, 2.45) is 0 Å². The van der Waals surface area contributed by atoms with Crippen LogP contribution in [0.5, 0.6) is 17.2 Å². The minimum Gasteiger partial charge on any atom is -0.472 e. The fourth-order valence-corrected chi connectivity index (χ4v) is 4.44. The van der Waals surface area contributed by atoms with E-state index < -0.39 is 0 Å². The van der Waals surface area contributed by atoms with Crippen LogP contribution in [-0.2, 0) is 0 Å². The van der Waals surface area contributed by atoms with E-state index in [1.807, 2.05) is 24.3 Å². The quantitative estimate of drug-likeness (QED) is 0.805. The van der Waals surface area contributed by atoms with Crippen molar-refractivity contribution in [2.75, 3.05) is 19.9 Å². The van der Waals surface area contributed by atoms with Gasteiger partial charge >= 0.3 is 0 Å². The minimum absolute atomic E-state index is 0.124. The van der Waals surface area contributed by atoms with E-state index in [1.165, 1.54) is 25.0 Å². The van der Waals surface area contributed by atoms with E-state index >= 15 is 0 Å². The van der Waals surface area contributed by atoms with Crippen molar-refractivity contribution in [2.45, 2.75) is 37.8 Å². The standard InChI is InChI=1S/C21H22FNO3/c1-21(23-8-2-3-9-23)12-17(14-4-6-15(22)7-5-14)16-10-19-20(25-13-24-19)11-18(16)26-21/h4-7,10-11,17H,2-3,8-9,12-13H2,1H3. The average molecular weight is 355 g/mol. The number of rotatable bonds is 2. The summed E-state index contributed by atoms with van der Waals surface area (Å²) in [6, 6.07) is 10.8. The zero-order valence-electron chi connectivity index (χ0n) is 14.8. The highest BCUT2D eigenvalue weighted by atomic mass is 19.1. The molecule has 136 valence electrons. The normalized spacial score (nSPS) is 27.2. The number of hydrogen-bond acceptors (Lipinski definition) is 4. The molecule has 3 aliphatic heterocycles. The zero-order chi connectivity index (χ0) is 17.7. The zero-order valence-corrected chi connectivity index (χ0v) is 14.8. The van der Waals surface area contributed by atoms with Crippen molar-refractivity contribution >= 4 is 0 Å². The number of likely N-dealkylation sites (tertiary alicyclic amines) is 1. The summed E-state index contributed by atoms with van der Waals surface area (Å²) >= 11 is 0. The summed E-state index contributed by atoms with van der Waals surface area (Å²) in [7, 11) is 0. The molecule has 2 atom stereocenters. The Morgan fingerprint density at radius 2 is 1.69 bits per heavy atom. The third-order valence-electron chi connectivity index (χ3n) is 5.84. The first-order chi connectivity index (χ1) is 12.6. The second-order valence-electron chi connectivity index (χ2n) is 7.52. The molecule has 4 nitrogen and oxygen atoms in total. The lowest BCUT2D eigenvalue weighted by Crippen LogP contribution is -2.52. The van der Waals surface area contributed by atoms with E-state index in [1.54, 1.807) is 0 Å². The molecule has 0 radical (unpaired) electrons. The van der Waals surface area contributed by atoms with Crippen LogP contribution in [0.4, 0.5) is 4.39 Å². The molecule has 0 aromatic heterocycles. The van der Waals surface area contributed by atoms with Crippen LogP contribution in [0.2, 0.25) is 0 Å². The van der Waals surface area contributed by atoms with Gasteiger partial charge in [0.15, 0.2) is 17.2 Å². The van der Waals surface area contributed by atoms with Gasteiger partial charge in [-0.3, -0.25) is 4.90 Å². The number of halogens is 1. The molecule has 26 heavy (non-hydrogen) atoms. The van der Waals surface area contributed by atoms with Crippen LogP contribution >= 0.6 is 0 Å². The van der Waals surface area contributed by atoms with Gasteiger partial charge in [-0.15, -0.1) is 0 Å². The highest BCUT2D eigenvalue weighted by Gasteiger charge is 2.44. The number of fused-ring (bicyclic) bond motifs is 2. The van der Waals surface area contributed by atoms with Gasteiger partial charge in [-0.2, -0.15) is 0 Å². The van der Waals surface area contributed by atoms with Crippen LogP contribution in [0.3, 0.4) is 0 Å². The molecule has 3 heterocycles. The van der Waals surface area contributed by atoms with Gasteiger partial charge < -0.3 is 14.2 Å². The van der Waals surface area contributed by atoms with Crippen molar-refractivity contribution in [1.29, 1.82) is 0 Å². The topological polar surface area (TPSA) is 30.9 Å². The molecule has 0 amide bonds. The Balaban J connectivity index is 1.61. The smallest absolute Gasteiger partial charge is 0.231 e. The molecule has 0 aliphatic carbocycles. The van der Waals surface area contributed by atoms with Crippen LogP contribution in [0, 0.1) is 5.82 Å². The van der Waals surface area contributed by atoms with E-state index in [2.05, 4.69) is 11.8 Å². The van der Waals surface area contributed by atoms with Gasteiger partial charge in [-0.1, -0.05) is 12.1 Å². The van der Waals surface area contributed by atoms with Crippen LogP contribution in [0.1, 0.15) is 43.2 Å². The van der Waals surface area contributed by atoms with Gasteiger partial charge in [-0.05, 0) is 43.5 Å². The van der Waals surface area contributed by atoms with Crippen molar-refractivity contribution < 1.29 is 18.6 Å². The molecule has 2 aromatic rings. The summed E-state index contributed by atoms with van der Waals surface area (Å²) < 4.78 is 31.1. The first-order valence-corrected chi connectivity index (χ1v) is 9.25. The predicted molar refractivity (Wildman–Crippen MR) is 95.3 cm³/mol. The van der Waals surface area contributed by atoms with Crippen LogP contribution in [0.25, 0.3) is 0 Å². The molecular formula is C21H22FNO3. The summed E-state index contributed by atoms with van der Waals surface area (Å²) in [6.07, 6.45) is 3.23. The molecule has 2 aromatic carbocycles. The Hall–Kier alpha value is -2.27. The SMILES string of the molecule is CC1(N2CCCC2)CC(c2ccc(F)cc2)c2cc3c(cc2O1)OCO3. The predicted octanol–water partition coefficient (Wildman–Crippen LogP) is 4.28. The fraction of sp³-hybridized carbons (Fsp3) is 0.429. The second kappa shape index (κ2) is 5.88. The van der Waals surface area contributed by atoms with Gasteiger partial charge in [0.05, 0.1) is 0 Å². The van der Waals surface area contributed by atoms with Gasteiger partial charge in [0.25, 0.3) is 0 Å². The Bertz CT molecular complexity index is 832. The Morgan fingerprint density at radius 1 is 1.00 bits per heavy atom. The lowest BCUT2D eigenvalue weighted by atomic mass is 9.81. The Labute approximate surface area is 152 Å². The molecular weight excluding hydrogens is 333 g/mol. The van der Waals surface area contributed by atoms with Gasteiger partial charge in [0, 0.05) is 37.1 Å². The summed E-state index contributed by atoms with van der Waals surface area (Å²) in [4.78, 5) is 2.43. The van der Waals surface area contributed by atoms with Gasteiger partial charge in [0.1, 0.15) is 11.6 Å². The van der Waals surface area contributed by atoms with E-state index in [-0.39, 0.29) is 24.3 Å². The van der Waals surface area contributed by atoms with Crippen LogP contribution < -0.4 is 14.2 Å². The summed E-state index contributed by atoms with van der Waals surface area (Å²) in [5.41, 5.74) is 1.80. The molecule has 1 fully saturated rings. The second-order valence-corrected chi connectivity index (χ2v) is 7.52. The minimum atomic E-state index is -0.379. The first kappa shape index (κ1) is 15.9. The van der Waals surface area contributed by atoms with Crippen molar-refractivity contribution in [1.82, 2.24) is 4.90 Å². The first-order valence-electron chi connectivity index (χ1n) is 9.25. The van der Waals surface area contributed by atoms with E-state index in [9.17, 15) is 4.39 Å². The Kier molecular flexibility index (Phi) is 3.60. The molecule has 0 spiro atoms. The molecule has 5 rings (SSSR count). The molecule has 0 bridgehead atoms. The number of benzene rings is 2. The lowest BCUT2D eigenvalue weighted by molar-refractivity contribution is -0.0768. The maximum absolute atomic E-state index is 13.5. The van der Waals surface area contributed by atoms with E-state index in [0.717, 1.165) is 47.9 Å². The van der Waals surface area contributed by atoms with E-state index in [0.29, 0.717) is 0 Å². The molecule has 0 saturated carbocycles. The fourth-order valence-electron chi connectivity index (χ4n) is 4.44. The molecule has 5 heteroatoms. The molecule has 3 aliphatic rings. The molecule has 0 N–H and O–H groups in total. The number of hydrogen-bond donors (Lipinski definition) is 0. The third-order valence-corrected chi connectivity index (χ3v) is 5.84. The maximum Gasteiger partial charge on any atom is 0.231 e. The third kappa shape index (κ3) is 2.53. The van der Waals surface area contributed by atoms with Crippen molar-refractivity contribution in [3.8, 4) is 17.2 Å². The lowest BCUT2D eigenvalue weighted by Gasteiger charge is -2.45. The van der Waals surface area contributed by atoms with Crippen molar-refractivity contribution in [3.63, 3.8) is 0 Å². The average Bonchev–Trinajstić information content (AvgIpc) is 3.32.